The average molecular weight is 373 g/mol. The molecule has 0 radical (unpaired) electrons. The van der Waals surface area contributed by atoms with Crippen molar-refractivity contribution in [3.63, 3.8) is 0 Å². The van der Waals surface area contributed by atoms with Crippen LogP contribution in [0.15, 0.2) is 39.8 Å². The molecule has 0 saturated carbocycles. The lowest BCUT2D eigenvalue weighted by Crippen LogP contribution is -2.38. The van der Waals surface area contributed by atoms with Crippen LogP contribution in [0.25, 0.3) is 0 Å². The van der Waals surface area contributed by atoms with E-state index in [1.165, 1.54) is 5.69 Å². The molecule has 0 saturated heterocycles. The van der Waals surface area contributed by atoms with Crippen LogP contribution in [0.1, 0.15) is 38.4 Å². The van der Waals surface area contributed by atoms with Gasteiger partial charge >= 0.3 is 0 Å². The van der Waals surface area contributed by atoms with Crippen LogP contribution in [-0.2, 0) is 6.42 Å². The quantitative estimate of drug-likeness (QED) is 0.359. The van der Waals surface area contributed by atoms with Crippen LogP contribution in [0.3, 0.4) is 0 Å². The Bertz CT molecular complexity index is 670. The fourth-order valence-electron chi connectivity index (χ4n) is 2.79. The third-order valence-electron chi connectivity index (χ3n) is 4.13. The third-order valence-corrected chi connectivity index (χ3v) is 4.13. The van der Waals surface area contributed by atoms with Gasteiger partial charge in [-0.2, -0.15) is 4.98 Å². The Morgan fingerprint density at radius 3 is 2.63 bits per heavy atom. The first-order valence-electron chi connectivity index (χ1n) is 9.84. The van der Waals surface area contributed by atoms with Crippen molar-refractivity contribution in [2.24, 2.45) is 4.99 Å². The molecule has 2 N–H and O–H groups in total. The van der Waals surface area contributed by atoms with E-state index in [1.807, 2.05) is 6.92 Å². The van der Waals surface area contributed by atoms with Gasteiger partial charge in [0.25, 0.3) is 0 Å². The van der Waals surface area contributed by atoms with E-state index in [9.17, 15) is 0 Å². The molecule has 0 amide bonds. The van der Waals surface area contributed by atoms with Crippen LogP contribution in [0, 0.1) is 6.92 Å². The van der Waals surface area contributed by atoms with E-state index < -0.39 is 0 Å². The topological polar surface area (TPSA) is 78.6 Å². The number of aryl methyl sites for hydroxylation is 2. The van der Waals surface area contributed by atoms with E-state index in [1.54, 1.807) is 0 Å². The highest BCUT2D eigenvalue weighted by Gasteiger charge is 2.04. The molecule has 2 aromatic rings. The van der Waals surface area contributed by atoms with Crippen molar-refractivity contribution in [1.29, 1.82) is 0 Å². The summed E-state index contributed by atoms with van der Waals surface area (Å²) in [5, 5.41) is 10.5. The molecule has 1 aromatic heterocycles. The van der Waals surface area contributed by atoms with Gasteiger partial charge in [0.2, 0.25) is 5.89 Å². The summed E-state index contributed by atoms with van der Waals surface area (Å²) >= 11 is 0. The first kappa shape index (κ1) is 20.7. The summed E-state index contributed by atoms with van der Waals surface area (Å²) in [6.45, 7) is 10.6. The summed E-state index contributed by atoms with van der Waals surface area (Å²) < 4.78 is 5.13. The van der Waals surface area contributed by atoms with Gasteiger partial charge < -0.3 is 20.1 Å². The predicted molar refractivity (Wildman–Crippen MR) is 110 cm³/mol. The monoisotopic (exact) mass is 372 g/mol. The molecule has 27 heavy (non-hydrogen) atoms. The minimum absolute atomic E-state index is 0.685. The zero-order valence-electron chi connectivity index (χ0n) is 16.7. The number of nitrogens with zero attached hydrogens (tertiary/aromatic N) is 4. The largest absolute Gasteiger partial charge is 0.372 e. The van der Waals surface area contributed by atoms with E-state index in [-0.39, 0.29) is 0 Å². The Labute approximate surface area is 162 Å². The average Bonchev–Trinajstić information content (AvgIpc) is 3.11. The summed E-state index contributed by atoms with van der Waals surface area (Å²) in [6.07, 6.45) is 2.71. The summed E-state index contributed by atoms with van der Waals surface area (Å²) in [6, 6.07) is 10.5. The maximum atomic E-state index is 5.13. The minimum atomic E-state index is 0.685. The van der Waals surface area contributed by atoms with Gasteiger partial charge in [0.1, 0.15) is 0 Å². The second-order valence-corrected chi connectivity index (χ2v) is 6.30. The van der Waals surface area contributed by atoms with E-state index in [0.29, 0.717) is 11.7 Å². The number of aromatic nitrogens is 2. The molecule has 0 bridgehead atoms. The molecule has 0 aliphatic carbocycles. The first-order chi connectivity index (χ1) is 13.2. The van der Waals surface area contributed by atoms with Crippen LogP contribution < -0.4 is 15.5 Å². The number of hydrogen-bond donors (Lipinski definition) is 2. The standard InChI is InChI=1S/C20H32N6O/c1-4-21-20(22-14-9-13-19-24-17(3)25-27-19)23-15-10-16-26(5-2)18-11-7-6-8-12-18/h6-8,11-12H,4-5,9-10,13-16H2,1-3H3,(H2,21,22,23). The molecular formula is C20H32N6O. The normalized spacial score (nSPS) is 11.4. The second-order valence-electron chi connectivity index (χ2n) is 6.30. The molecule has 1 aromatic carbocycles. The zero-order chi connectivity index (χ0) is 19.3. The number of aliphatic imine (C=N–C) groups is 1. The number of nitrogens with one attached hydrogen (secondary N) is 2. The van der Waals surface area contributed by atoms with Gasteiger partial charge in [-0.1, -0.05) is 23.4 Å². The third kappa shape index (κ3) is 7.68. The van der Waals surface area contributed by atoms with E-state index >= 15 is 0 Å². The Morgan fingerprint density at radius 1 is 1.15 bits per heavy atom. The molecule has 0 unspecified atom stereocenters. The Hall–Kier alpha value is -2.57. The van der Waals surface area contributed by atoms with Gasteiger partial charge in [-0.05, 0) is 45.7 Å². The minimum Gasteiger partial charge on any atom is -0.372 e. The SMILES string of the molecule is CCNC(=NCCCN(CC)c1ccccc1)NCCCc1nc(C)no1. The van der Waals surface area contributed by atoms with E-state index in [0.717, 1.165) is 57.9 Å². The number of rotatable bonds is 11. The lowest BCUT2D eigenvalue weighted by atomic mass is 10.2. The maximum Gasteiger partial charge on any atom is 0.226 e. The van der Waals surface area contributed by atoms with Gasteiger partial charge in [-0.25, -0.2) is 0 Å². The lowest BCUT2D eigenvalue weighted by molar-refractivity contribution is 0.372. The maximum absolute atomic E-state index is 5.13. The molecule has 1 heterocycles. The van der Waals surface area contributed by atoms with Crippen molar-refractivity contribution in [2.45, 2.75) is 40.0 Å². The first-order valence-corrected chi connectivity index (χ1v) is 9.84. The molecule has 0 fully saturated rings. The van der Waals surface area contributed by atoms with E-state index in [4.69, 9.17) is 4.52 Å². The predicted octanol–water partition coefficient (Wildman–Crippen LogP) is 2.78. The van der Waals surface area contributed by atoms with Gasteiger partial charge in [-0.15, -0.1) is 0 Å². The van der Waals surface area contributed by atoms with Crippen molar-refractivity contribution in [3.8, 4) is 0 Å². The number of benzene rings is 1. The van der Waals surface area contributed by atoms with Crippen LogP contribution in [0.2, 0.25) is 0 Å². The van der Waals surface area contributed by atoms with Crippen molar-refractivity contribution in [3.05, 3.63) is 42.0 Å². The molecule has 0 aliphatic heterocycles. The fourth-order valence-corrected chi connectivity index (χ4v) is 2.79. The Balaban J connectivity index is 1.70. The highest BCUT2D eigenvalue weighted by Crippen LogP contribution is 2.12. The molecule has 0 aliphatic rings. The van der Waals surface area contributed by atoms with Crippen LogP contribution in [0.4, 0.5) is 5.69 Å². The number of anilines is 1. The summed E-state index contributed by atoms with van der Waals surface area (Å²) in [7, 11) is 0. The molecular weight excluding hydrogens is 340 g/mol. The van der Waals surface area contributed by atoms with Crippen molar-refractivity contribution < 1.29 is 4.52 Å². The molecule has 0 spiro atoms. The van der Waals surface area contributed by atoms with Crippen molar-refractivity contribution in [1.82, 2.24) is 20.8 Å². The van der Waals surface area contributed by atoms with Crippen LogP contribution >= 0.6 is 0 Å². The highest BCUT2D eigenvalue weighted by molar-refractivity contribution is 5.79. The van der Waals surface area contributed by atoms with Crippen molar-refractivity contribution >= 4 is 11.6 Å². The van der Waals surface area contributed by atoms with Gasteiger partial charge in [-0.3, -0.25) is 4.99 Å². The van der Waals surface area contributed by atoms with Gasteiger partial charge in [0, 0.05) is 44.8 Å². The molecule has 0 atom stereocenters. The molecule has 7 nitrogen and oxygen atoms in total. The lowest BCUT2D eigenvalue weighted by Gasteiger charge is -2.22. The summed E-state index contributed by atoms with van der Waals surface area (Å²) in [5.74, 6) is 2.24. The highest BCUT2D eigenvalue weighted by atomic mass is 16.5. The van der Waals surface area contributed by atoms with Gasteiger partial charge in [0.15, 0.2) is 11.8 Å². The Morgan fingerprint density at radius 2 is 1.96 bits per heavy atom. The fraction of sp³-hybridized carbons (Fsp3) is 0.550. The zero-order valence-corrected chi connectivity index (χ0v) is 16.7. The molecule has 2 rings (SSSR count). The van der Waals surface area contributed by atoms with Crippen LogP contribution in [0.5, 0.6) is 0 Å². The smallest absolute Gasteiger partial charge is 0.226 e. The number of para-hydroxylation sites is 1. The van der Waals surface area contributed by atoms with Gasteiger partial charge in [0.05, 0.1) is 0 Å². The second kappa shape index (κ2) is 11.9. The summed E-state index contributed by atoms with van der Waals surface area (Å²) in [5.41, 5.74) is 1.27. The van der Waals surface area contributed by atoms with E-state index in [2.05, 4.69) is 74.8 Å². The van der Waals surface area contributed by atoms with Crippen LogP contribution in [-0.4, -0.2) is 48.8 Å². The number of hydrogen-bond acceptors (Lipinski definition) is 5. The Kier molecular flexibility index (Phi) is 9.17. The molecule has 7 heteroatoms. The van der Waals surface area contributed by atoms with Crippen molar-refractivity contribution in [2.75, 3.05) is 37.6 Å². The molecule has 148 valence electrons. The number of guanidine groups is 1. The summed E-state index contributed by atoms with van der Waals surface area (Å²) in [4.78, 5) is 11.3.